The summed E-state index contributed by atoms with van der Waals surface area (Å²) in [4.78, 5) is 26.2. The summed E-state index contributed by atoms with van der Waals surface area (Å²) in [5, 5.41) is 10.1. The van der Waals surface area contributed by atoms with Crippen LogP contribution in [0.4, 0.5) is 5.69 Å². The maximum Gasteiger partial charge on any atom is 0.265 e. The van der Waals surface area contributed by atoms with Gasteiger partial charge in [0.25, 0.3) is 11.8 Å². The largest absolute Gasteiger partial charge is 0.494 e. The van der Waals surface area contributed by atoms with E-state index in [0.29, 0.717) is 35.1 Å². The summed E-state index contributed by atoms with van der Waals surface area (Å²) in [6.45, 7) is 1.34. The number of nitrogens with one attached hydrogen (secondary N) is 2. The average Bonchev–Trinajstić information content (AvgIpc) is 3.34. The molecule has 0 bridgehead atoms. The molecular formula is C28H26N2O4S. The zero-order valence-corrected chi connectivity index (χ0v) is 20.2. The molecule has 3 aromatic carbocycles. The standard InChI is InChI=1S/C28H26N2O4S/c1-33-25-24(17-35-26(25)28(32)30-23-12-14-34-15-13-23)19-8-10-22(11-9-19)29-27(31)21-7-6-18-4-2-3-5-20(18)16-21/h2-11,16-17,23H,12-15H2,1H3,(H,29,31)(H,30,32). The van der Waals surface area contributed by atoms with Crippen LogP contribution < -0.4 is 15.4 Å². The van der Waals surface area contributed by atoms with Crippen LogP contribution >= 0.6 is 11.3 Å². The summed E-state index contributed by atoms with van der Waals surface area (Å²) >= 11 is 1.37. The summed E-state index contributed by atoms with van der Waals surface area (Å²) in [5.41, 5.74) is 3.06. The van der Waals surface area contributed by atoms with Gasteiger partial charge in [0.2, 0.25) is 0 Å². The van der Waals surface area contributed by atoms with Gasteiger partial charge >= 0.3 is 0 Å². The third-order valence-electron chi connectivity index (χ3n) is 6.18. The van der Waals surface area contributed by atoms with Crippen molar-refractivity contribution < 1.29 is 19.1 Å². The van der Waals surface area contributed by atoms with Gasteiger partial charge < -0.3 is 20.1 Å². The molecule has 1 aliphatic rings. The topological polar surface area (TPSA) is 76.7 Å². The first-order valence-corrected chi connectivity index (χ1v) is 12.4. The van der Waals surface area contributed by atoms with Crippen molar-refractivity contribution in [3.05, 3.63) is 82.6 Å². The maximum absolute atomic E-state index is 12.9. The Morgan fingerprint density at radius 1 is 0.943 bits per heavy atom. The van der Waals surface area contributed by atoms with Crippen molar-refractivity contribution in [1.82, 2.24) is 5.32 Å². The van der Waals surface area contributed by atoms with Crippen LogP contribution in [0.5, 0.6) is 5.75 Å². The highest BCUT2D eigenvalue weighted by molar-refractivity contribution is 7.13. The molecule has 2 amide bonds. The van der Waals surface area contributed by atoms with Crippen molar-refractivity contribution in [2.75, 3.05) is 25.6 Å². The van der Waals surface area contributed by atoms with E-state index in [1.807, 2.05) is 72.1 Å². The van der Waals surface area contributed by atoms with E-state index in [1.165, 1.54) is 11.3 Å². The second-order valence-electron chi connectivity index (χ2n) is 8.47. The van der Waals surface area contributed by atoms with E-state index in [-0.39, 0.29) is 17.9 Å². The van der Waals surface area contributed by atoms with Crippen molar-refractivity contribution in [2.24, 2.45) is 0 Å². The third-order valence-corrected chi connectivity index (χ3v) is 7.14. The zero-order chi connectivity index (χ0) is 24.2. The van der Waals surface area contributed by atoms with Crippen molar-refractivity contribution in [1.29, 1.82) is 0 Å². The Bertz CT molecular complexity index is 1360. The first-order chi connectivity index (χ1) is 17.1. The lowest BCUT2D eigenvalue weighted by Gasteiger charge is -2.23. The summed E-state index contributed by atoms with van der Waals surface area (Å²) in [5.74, 6) is 0.278. The van der Waals surface area contributed by atoms with Crippen molar-refractivity contribution in [3.63, 3.8) is 0 Å². The van der Waals surface area contributed by atoms with E-state index in [0.717, 1.165) is 34.7 Å². The molecule has 0 atom stereocenters. The number of benzene rings is 3. The SMILES string of the molecule is COc1c(-c2ccc(NC(=O)c3ccc4ccccc4c3)cc2)csc1C(=O)NC1CCOCC1. The molecule has 6 nitrogen and oxygen atoms in total. The van der Waals surface area contributed by atoms with E-state index in [4.69, 9.17) is 9.47 Å². The minimum atomic E-state index is -0.163. The highest BCUT2D eigenvalue weighted by Gasteiger charge is 2.23. The lowest BCUT2D eigenvalue weighted by Crippen LogP contribution is -2.38. The van der Waals surface area contributed by atoms with Gasteiger partial charge in [-0.3, -0.25) is 9.59 Å². The molecule has 1 fully saturated rings. The predicted molar refractivity (Wildman–Crippen MR) is 140 cm³/mol. The lowest BCUT2D eigenvalue weighted by molar-refractivity contribution is 0.0697. The average molecular weight is 487 g/mol. The quantitative estimate of drug-likeness (QED) is 0.365. The monoisotopic (exact) mass is 486 g/mol. The Labute approximate surface area is 207 Å². The molecule has 5 rings (SSSR count). The number of methoxy groups -OCH3 is 1. The number of carbonyl (C=O) groups excluding carboxylic acids is 2. The van der Waals surface area contributed by atoms with Crippen LogP contribution in [0, 0.1) is 0 Å². The molecule has 35 heavy (non-hydrogen) atoms. The van der Waals surface area contributed by atoms with Crippen LogP contribution in [0.3, 0.4) is 0 Å². The summed E-state index contributed by atoms with van der Waals surface area (Å²) in [6.07, 6.45) is 1.64. The maximum atomic E-state index is 12.9. The van der Waals surface area contributed by atoms with Gasteiger partial charge in [-0.1, -0.05) is 42.5 Å². The molecule has 0 unspecified atom stereocenters. The van der Waals surface area contributed by atoms with Crippen LogP contribution in [0.25, 0.3) is 21.9 Å². The molecule has 178 valence electrons. The van der Waals surface area contributed by atoms with Crippen molar-refractivity contribution in [3.8, 4) is 16.9 Å². The van der Waals surface area contributed by atoms with E-state index in [2.05, 4.69) is 10.6 Å². The Morgan fingerprint density at radius 3 is 2.43 bits per heavy atom. The molecule has 0 spiro atoms. The van der Waals surface area contributed by atoms with Gasteiger partial charge in [0.1, 0.15) is 10.6 Å². The molecule has 1 aromatic heterocycles. The molecule has 0 radical (unpaired) electrons. The van der Waals surface area contributed by atoms with Gasteiger partial charge in [0.15, 0.2) is 0 Å². The molecule has 0 aliphatic carbocycles. The fourth-order valence-electron chi connectivity index (χ4n) is 4.27. The second kappa shape index (κ2) is 10.3. The van der Waals surface area contributed by atoms with Gasteiger partial charge in [0, 0.05) is 41.4 Å². The number of thiophene rings is 1. The van der Waals surface area contributed by atoms with E-state index in [9.17, 15) is 9.59 Å². The summed E-state index contributed by atoms with van der Waals surface area (Å²) in [6, 6.07) is 21.3. The number of hydrogen-bond donors (Lipinski definition) is 2. The molecule has 4 aromatic rings. The fraction of sp³-hybridized carbons (Fsp3) is 0.214. The minimum Gasteiger partial charge on any atom is -0.494 e. The highest BCUT2D eigenvalue weighted by atomic mass is 32.1. The molecule has 0 saturated carbocycles. The molecule has 2 heterocycles. The Kier molecular flexibility index (Phi) is 6.79. The molecule has 1 aliphatic heterocycles. The number of hydrogen-bond acceptors (Lipinski definition) is 5. The fourth-order valence-corrected chi connectivity index (χ4v) is 5.21. The van der Waals surface area contributed by atoms with Crippen LogP contribution in [0.1, 0.15) is 32.9 Å². The molecule has 7 heteroatoms. The molecule has 1 saturated heterocycles. The van der Waals surface area contributed by atoms with E-state index >= 15 is 0 Å². The summed E-state index contributed by atoms with van der Waals surface area (Å²) in [7, 11) is 1.58. The zero-order valence-electron chi connectivity index (χ0n) is 19.4. The lowest BCUT2D eigenvalue weighted by atomic mass is 10.1. The van der Waals surface area contributed by atoms with Crippen LogP contribution in [0.2, 0.25) is 0 Å². The van der Waals surface area contributed by atoms with Gasteiger partial charge in [-0.2, -0.15) is 0 Å². The Morgan fingerprint density at radius 2 is 1.69 bits per heavy atom. The third kappa shape index (κ3) is 5.06. The van der Waals surface area contributed by atoms with Gasteiger partial charge in [-0.15, -0.1) is 11.3 Å². The number of carbonyl (C=O) groups is 2. The number of rotatable bonds is 6. The van der Waals surface area contributed by atoms with Crippen LogP contribution in [-0.4, -0.2) is 38.2 Å². The number of fused-ring (bicyclic) bond motifs is 1. The first kappa shape index (κ1) is 23.1. The van der Waals surface area contributed by atoms with E-state index in [1.54, 1.807) is 7.11 Å². The van der Waals surface area contributed by atoms with Crippen LogP contribution in [-0.2, 0) is 4.74 Å². The van der Waals surface area contributed by atoms with Gasteiger partial charge in [0.05, 0.1) is 7.11 Å². The van der Waals surface area contributed by atoms with Crippen molar-refractivity contribution in [2.45, 2.75) is 18.9 Å². The number of ether oxygens (including phenoxy) is 2. The minimum absolute atomic E-state index is 0.121. The normalized spacial score (nSPS) is 14.0. The van der Waals surface area contributed by atoms with Crippen LogP contribution in [0.15, 0.2) is 72.1 Å². The highest BCUT2D eigenvalue weighted by Crippen LogP contribution is 2.38. The van der Waals surface area contributed by atoms with Gasteiger partial charge in [-0.25, -0.2) is 0 Å². The molecule has 2 N–H and O–H groups in total. The summed E-state index contributed by atoms with van der Waals surface area (Å²) < 4.78 is 11.0. The first-order valence-electron chi connectivity index (χ1n) is 11.6. The van der Waals surface area contributed by atoms with E-state index < -0.39 is 0 Å². The van der Waals surface area contributed by atoms with Crippen molar-refractivity contribution >= 4 is 39.6 Å². The smallest absolute Gasteiger partial charge is 0.265 e. The predicted octanol–water partition coefficient (Wildman–Crippen LogP) is 5.74. The Hall–Kier alpha value is -3.68. The van der Waals surface area contributed by atoms with Gasteiger partial charge in [-0.05, 0) is 53.4 Å². The second-order valence-corrected chi connectivity index (χ2v) is 9.34. The molecular weight excluding hydrogens is 460 g/mol. The Balaban J connectivity index is 1.30. The number of amides is 2. The number of anilines is 1.